The van der Waals surface area contributed by atoms with Gasteiger partial charge in [0.05, 0.1) is 24.3 Å². The second kappa shape index (κ2) is 7.03. The predicted molar refractivity (Wildman–Crippen MR) is 81.0 cm³/mol. The Labute approximate surface area is 130 Å². The van der Waals surface area contributed by atoms with Crippen molar-refractivity contribution < 1.29 is 14.3 Å². The van der Waals surface area contributed by atoms with Crippen molar-refractivity contribution in [3.8, 4) is 0 Å². The molecule has 0 spiro atoms. The van der Waals surface area contributed by atoms with Gasteiger partial charge in [-0.1, -0.05) is 0 Å². The van der Waals surface area contributed by atoms with Crippen LogP contribution in [0.4, 0.5) is 5.69 Å². The van der Waals surface area contributed by atoms with E-state index in [0.29, 0.717) is 22.3 Å². The number of nitrogens with zero attached hydrogens (tertiary/aromatic N) is 1. The summed E-state index contributed by atoms with van der Waals surface area (Å²) in [6.45, 7) is 2.07. The summed E-state index contributed by atoms with van der Waals surface area (Å²) in [5, 5.41) is 9.27. The maximum atomic E-state index is 11.9. The number of carbonyl (C=O) groups is 2. The molecule has 1 aromatic carbocycles. The lowest BCUT2D eigenvalue weighted by Gasteiger charge is -2.08. The zero-order valence-corrected chi connectivity index (χ0v) is 12.9. The zero-order valence-electron chi connectivity index (χ0n) is 11.4. The van der Waals surface area contributed by atoms with Crippen LogP contribution in [-0.4, -0.2) is 28.7 Å². The third-order valence-electron chi connectivity index (χ3n) is 2.66. The summed E-state index contributed by atoms with van der Waals surface area (Å²) in [4.78, 5) is 23.5. The van der Waals surface area contributed by atoms with Crippen LogP contribution in [0.1, 0.15) is 23.0 Å². The fourth-order valence-corrected chi connectivity index (χ4v) is 2.19. The molecule has 0 aliphatic heterocycles. The quantitative estimate of drug-likeness (QED) is 0.810. The third-order valence-corrected chi connectivity index (χ3v) is 3.32. The molecule has 0 radical (unpaired) electrons. The Morgan fingerprint density at radius 1 is 1.38 bits per heavy atom. The van der Waals surface area contributed by atoms with Crippen molar-refractivity contribution in [3.63, 3.8) is 0 Å². The van der Waals surface area contributed by atoms with Gasteiger partial charge in [0.2, 0.25) is 5.91 Å². The van der Waals surface area contributed by atoms with Crippen LogP contribution in [0.2, 0.25) is 0 Å². The number of nitrogens with one attached hydrogen (secondary N) is 2. The first kappa shape index (κ1) is 15.2. The van der Waals surface area contributed by atoms with Crippen LogP contribution in [0.3, 0.4) is 0 Å². The van der Waals surface area contributed by atoms with E-state index in [0.717, 1.165) is 5.69 Å². The molecule has 0 aliphatic carbocycles. The van der Waals surface area contributed by atoms with E-state index in [9.17, 15) is 9.59 Å². The van der Waals surface area contributed by atoms with Crippen molar-refractivity contribution in [1.29, 1.82) is 0 Å². The summed E-state index contributed by atoms with van der Waals surface area (Å²) in [7, 11) is 0. The molecule has 0 bridgehead atoms. The Morgan fingerprint density at radius 2 is 2.19 bits per heavy atom. The van der Waals surface area contributed by atoms with Crippen molar-refractivity contribution in [2.24, 2.45) is 0 Å². The second-order valence-corrected chi connectivity index (χ2v) is 5.08. The molecule has 21 heavy (non-hydrogen) atoms. The smallest absolute Gasteiger partial charge is 0.338 e. The number of hydrogen-bond acceptors (Lipinski definition) is 4. The van der Waals surface area contributed by atoms with E-state index < -0.39 is 5.97 Å². The number of hydrogen-bond donors (Lipinski definition) is 2. The molecule has 0 unspecified atom stereocenters. The van der Waals surface area contributed by atoms with E-state index in [1.165, 1.54) is 0 Å². The molecular formula is C14H14BrN3O3. The molecule has 0 aliphatic rings. The van der Waals surface area contributed by atoms with Crippen LogP contribution in [-0.2, 0) is 16.0 Å². The van der Waals surface area contributed by atoms with E-state index in [4.69, 9.17) is 4.74 Å². The van der Waals surface area contributed by atoms with Crippen molar-refractivity contribution in [2.45, 2.75) is 13.3 Å². The Hall–Kier alpha value is -2.15. The number of aromatic nitrogens is 2. The van der Waals surface area contributed by atoms with Gasteiger partial charge in [0.25, 0.3) is 0 Å². The van der Waals surface area contributed by atoms with E-state index in [1.807, 2.05) is 0 Å². The Kier molecular flexibility index (Phi) is 5.10. The van der Waals surface area contributed by atoms with Gasteiger partial charge in [-0.15, -0.1) is 0 Å². The topological polar surface area (TPSA) is 84.1 Å². The number of halogens is 1. The minimum absolute atomic E-state index is 0.177. The molecule has 7 heteroatoms. The summed E-state index contributed by atoms with van der Waals surface area (Å²) in [5.74, 6) is -0.572. The number of carbonyl (C=O) groups excluding carboxylic acids is 2. The average Bonchev–Trinajstić information content (AvgIpc) is 2.94. The normalized spacial score (nSPS) is 10.2. The molecule has 0 saturated heterocycles. The van der Waals surface area contributed by atoms with Crippen LogP contribution in [0.15, 0.2) is 34.9 Å². The number of amides is 1. The molecule has 1 aromatic heterocycles. The number of H-pyrrole nitrogens is 1. The van der Waals surface area contributed by atoms with Crippen molar-refractivity contribution in [3.05, 3.63) is 46.2 Å². The van der Waals surface area contributed by atoms with Gasteiger partial charge in [0, 0.05) is 16.4 Å². The fraction of sp³-hybridized carbons (Fsp3) is 0.214. The van der Waals surface area contributed by atoms with Gasteiger partial charge in [-0.3, -0.25) is 9.89 Å². The number of aromatic amines is 1. The summed E-state index contributed by atoms with van der Waals surface area (Å²) in [6.07, 6.45) is 1.79. The summed E-state index contributed by atoms with van der Waals surface area (Å²) in [6, 6.07) is 6.61. The van der Waals surface area contributed by atoms with Crippen LogP contribution >= 0.6 is 15.9 Å². The first-order chi connectivity index (χ1) is 10.1. The standard InChI is InChI=1S/C14H14BrN3O3/c1-2-21-14(20)9-3-4-12(11(15)7-9)17-13(19)8-10-5-6-16-18-10/h3-7H,2,8H2,1H3,(H,16,18)(H,17,19). The van der Waals surface area contributed by atoms with Crippen molar-refractivity contribution in [1.82, 2.24) is 10.2 Å². The molecule has 0 saturated carbocycles. The third kappa shape index (κ3) is 4.16. The Bertz CT molecular complexity index is 641. The largest absolute Gasteiger partial charge is 0.462 e. The maximum Gasteiger partial charge on any atom is 0.338 e. The SMILES string of the molecule is CCOC(=O)c1ccc(NC(=O)Cc2ccn[nH]2)c(Br)c1. The van der Waals surface area contributed by atoms with E-state index in [1.54, 1.807) is 37.4 Å². The minimum atomic E-state index is -0.395. The van der Waals surface area contributed by atoms with E-state index in [-0.39, 0.29) is 12.3 Å². The molecular weight excluding hydrogens is 338 g/mol. The Morgan fingerprint density at radius 3 is 2.81 bits per heavy atom. The number of esters is 1. The number of anilines is 1. The molecule has 6 nitrogen and oxygen atoms in total. The highest BCUT2D eigenvalue weighted by molar-refractivity contribution is 9.10. The lowest BCUT2D eigenvalue weighted by Crippen LogP contribution is -2.15. The van der Waals surface area contributed by atoms with E-state index in [2.05, 4.69) is 31.4 Å². The summed E-state index contributed by atoms with van der Waals surface area (Å²) in [5.41, 5.74) is 1.75. The number of benzene rings is 1. The lowest BCUT2D eigenvalue weighted by molar-refractivity contribution is -0.115. The van der Waals surface area contributed by atoms with Gasteiger partial charge in [-0.2, -0.15) is 5.10 Å². The van der Waals surface area contributed by atoms with Gasteiger partial charge in [-0.25, -0.2) is 4.79 Å². The van der Waals surface area contributed by atoms with Gasteiger partial charge < -0.3 is 10.1 Å². The summed E-state index contributed by atoms with van der Waals surface area (Å²) < 4.78 is 5.53. The van der Waals surface area contributed by atoms with Crippen LogP contribution < -0.4 is 5.32 Å². The van der Waals surface area contributed by atoms with Gasteiger partial charge in [0.15, 0.2) is 0 Å². The second-order valence-electron chi connectivity index (χ2n) is 4.22. The molecule has 1 heterocycles. The van der Waals surface area contributed by atoms with Crippen LogP contribution in [0.25, 0.3) is 0 Å². The molecule has 0 atom stereocenters. The number of ether oxygens (including phenoxy) is 1. The monoisotopic (exact) mass is 351 g/mol. The fourth-order valence-electron chi connectivity index (χ4n) is 1.71. The Balaban J connectivity index is 2.03. The molecule has 2 aromatic rings. The molecule has 0 fully saturated rings. The number of rotatable bonds is 5. The van der Waals surface area contributed by atoms with Crippen molar-refractivity contribution in [2.75, 3.05) is 11.9 Å². The van der Waals surface area contributed by atoms with Gasteiger partial charge >= 0.3 is 5.97 Å². The molecule has 2 rings (SSSR count). The van der Waals surface area contributed by atoms with Crippen LogP contribution in [0.5, 0.6) is 0 Å². The summed E-state index contributed by atoms with van der Waals surface area (Å²) >= 11 is 3.33. The first-order valence-corrected chi connectivity index (χ1v) is 7.14. The molecule has 2 N–H and O–H groups in total. The lowest BCUT2D eigenvalue weighted by atomic mass is 10.2. The van der Waals surface area contributed by atoms with Crippen LogP contribution in [0, 0.1) is 0 Å². The predicted octanol–water partition coefficient (Wildman–Crippen LogP) is 2.53. The van der Waals surface area contributed by atoms with Gasteiger partial charge in [-0.05, 0) is 47.1 Å². The maximum absolute atomic E-state index is 11.9. The highest BCUT2D eigenvalue weighted by Gasteiger charge is 2.11. The molecule has 1 amide bonds. The van der Waals surface area contributed by atoms with Crippen molar-refractivity contribution >= 4 is 33.5 Å². The highest BCUT2D eigenvalue weighted by atomic mass is 79.9. The van der Waals surface area contributed by atoms with E-state index >= 15 is 0 Å². The zero-order chi connectivity index (χ0) is 15.2. The average molecular weight is 352 g/mol. The highest BCUT2D eigenvalue weighted by Crippen LogP contribution is 2.24. The van der Waals surface area contributed by atoms with Gasteiger partial charge in [0.1, 0.15) is 0 Å². The minimum Gasteiger partial charge on any atom is -0.462 e. The first-order valence-electron chi connectivity index (χ1n) is 6.35. The molecule has 110 valence electrons.